The van der Waals surface area contributed by atoms with Crippen LogP contribution in [0.2, 0.25) is 0 Å². The molecule has 0 spiro atoms. The molecule has 1 nitrogen and oxygen atoms in total. The van der Waals surface area contributed by atoms with Crippen LogP contribution in [0.5, 0.6) is 0 Å². The topological polar surface area (TPSA) is 17.1 Å². The maximum absolute atomic E-state index is 13.3. The van der Waals surface area contributed by atoms with E-state index in [4.69, 9.17) is 0 Å². The predicted molar refractivity (Wildman–Crippen MR) is 59.4 cm³/mol. The zero-order valence-electron chi connectivity index (χ0n) is 9.59. The van der Waals surface area contributed by atoms with E-state index in [-0.39, 0.29) is 23.7 Å². The molecule has 0 saturated carbocycles. The Hall–Kier alpha value is -1.25. The third kappa shape index (κ3) is 3.12. The van der Waals surface area contributed by atoms with Crippen molar-refractivity contribution in [3.05, 3.63) is 35.4 Å². The molecule has 0 amide bonds. The molecule has 0 aliphatic carbocycles. The highest BCUT2D eigenvalue weighted by Gasteiger charge is 2.16. The number of carbonyl (C=O) groups excluding carboxylic acids is 1. The molecule has 0 radical (unpaired) electrons. The smallest absolute Gasteiger partial charge is 0.169 e. The van der Waals surface area contributed by atoms with Crippen LogP contribution in [0, 0.1) is 17.6 Å². The van der Waals surface area contributed by atoms with Gasteiger partial charge in [-0.1, -0.05) is 32.8 Å². The fraction of sp³-hybridized carbons (Fsp3) is 0.462. The summed E-state index contributed by atoms with van der Waals surface area (Å²) in [5, 5.41) is 0. The third-order valence-electron chi connectivity index (χ3n) is 2.57. The summed E-state index contributed by atoms with van der Waals surface area (Å²) in [4.78, 5) is 11.7. The van der Waals surface area contributed by atoms with Gasteiger partial charge in [0.1, 0.15) is 0 Å². The minimum Gasteiger partial charge on any atom is -0.294 e. The van der Waals surface area contributed by atoms with Gasteiger partial charge in [0, 0.05) is 6.42 Å². The van der Waals surface area contributed by atoms with E-state index in [1.807, 2.05) is 13.8 Å². The maximum atomic E-state index is 13.3. The van der Waals surface area contributed by atoms with Gasteiger partial charge in [-0.2, -0.15) is 0 Å². The zero-order valence-corrected chi connectivity index (χ0v) is 9.59. The van der Waals surface area contributed by atoms with Crippen LogP contribution >= 0.6 is 0 Å². The Labute approximate surface area is 94.5 Å². The molecule has 0 aliphatic heterocycles. The van der Waals surface area contributed by atoms with Crippen LogP contribution in [-0.4, -0.2) is 5.78 Å². The minimum absolute atomic E-state index is 0.136. The lowest BCUT2D eigenvalue weighted by atomic mass is 9.96. The summed E-state index contributed by atoms with van der Waals surface area (Å²) in [7, 11) is 0. The highest BCUT2D eigenvalue weighted by Crippen LogP contribution is 2.18. The van der Waals surface area contributed by atoms with Crippen molar-refractivity contribution < 1.29 is 13.6 Å². The van der Waals surface area contributed by atoms with E-state index in [1.54, 1.807) is 0 Å². The van der Waals surface area contributed by atoms with Crippen molar-refractivity contribution in [2.24, 2.45) is 5.92 Å². The van der Waals surface area contributed by atoms with Crippen molar-refractivity contribution in [1.29, 1.82) is 0 Å². The molecule has 1 unspecified atom stereocenters. The number of ketones is 1. The zero-order chi connectivity index (χ0) is 12.1. The fourth-order valence-corrected chi connectivity index (χ4v) is 1.74. The second-order valence-corrected chi connectivity index (χ2v) is 4.12. The third-order valence-corrected chi connectivity index (χ3v) is 2.57. The van der Waals surface area contributed by atoms with Gasteiger partial charge in [0.25, 0.3) is 0 Å². The molecule has 0 aliphatic rings. The molecular weight excluding hydrogens is 210 g/mol. The lowest BCUT2D eigenvalue weighted by Gasteiger charge is -2.09. The predicted octanol–water partition coefficient (Wildman–Crippen LogP) is 3.97. The van der Waals surface area contributed by atoms with Crippen LogP contribution in [-0.2, 0) is 0 Å². The molecule has 16 heavy (non-hydrogen) atoms. The maximum Gasteiger partial charge on any atom is 0.169 e. The summed E-state index contributed by atoms with van der Waals surface area (Å²) >= 11 is 0. The molecule has 0 fully saturated rings. The van der Waals surface area contributed by atoms with Gasteiger partial charge in [-0.25, -0.2) is 8.78 Å². The van der Waals surface area contributed by atoms with Gasteiger partial charge >= 0.3 is 0 Å². The van der Waals surface area contributed by atoms with Gasteiger partial charge in [0.15, 0.2) is 17.4 Å². The van der Waals surface area contributed by atoms with Gasteiger partial charge in [-0.3, -0.25) is 4.79 Å². The summed E-state index contributed by atoms with van der Waals surface area (Å²) in [6.07, 6.45) is 2.18. The van der Waals surface area contributed by atoms with E-state index in [0.717, 1.165) is 18.9 Å². The van der Waals surface area contributed by atoms with Crippen molar-refractivity contribution in [2.75, 3.05) is 0 Å². The molecule has 1 rings (SSSR count). The van der Waals surface area contributed by atoms with E-state index in [0.29, 0.717) is 0 Å². The number of rotatable bonds is 5. The Kier molecular flexibility index (Phi) is 4.59. The Morgan fingerprint density at radius 3 is 2.69 bits per heavy atom. The van der Waals surface area contributed by atoms with Gasteiger partial charge < -0.3 is 0 Å². The first-order valence-electron chi connectivity index (χ1n) is 5.53. The largest absolute Gasteiger partial charge is 0.294 e. The Balaban J connectivity index is 2.77. The molecule has 1 aromatic carbocycles. The fourth-order valence-electron chi connectivity index (χ4n) is 1.74. The number of hydrogen-bond donors (Lipinski definition) is 0. The number of Topliss-reactive ketones (excluding diaryl/α,β-unsaturated/α-hetero) is 1. The molecule has 0 N–H and O–H groups in total. The van der Waals surface area contributed by atoms with Crippen molar-refractivity contribution in [3.63, 3.8) is 0 Å². The Morgan fingerprint density at radius 1 is 1.38 bits per heavy atom. The van der Waals surface area contributed by atoms with Gasteiger partial charge in [-0.15, -0.1) is 0 Å². The molecule has 0 saturated heterocycles. The van der Waals surface area contributed by atoms with Crippen LogP contribution in [0.3, 0.4) is 0 Å². The van der Waals surface area contributed by atoms with E-state index >= 15 is 0 Å². The molecule has 1 atom stereocenters. The Bertz CT molecular complexity index is 374. The SMILES string of the molecule is CCCC(C)CC(=O)c1cccc(F)c1F. The number of halogens is 2. The minimum atomic E-state index is -1.03. The van der Waals surface area contributed by atoms with Crippen LogP contribution in [0.1, 0.15) is 43.5 Å². The van der Waals surface area contributed by atoms with Crippen LogP contribution < -0.4 is 0 Å². The van der Waals surface area contributed by atoms with Crippen LogP contribution in [0.15, 0.2) is 18.2 Å². The molecule has 0 aromatic heterocycles. The van der Waals surface area contributed by atoms with E-state index in [9.17, 15) is 13.6 Å². The van der Waals surface area contributed by atoms with Gasteiger partial charge in [-0.05, 0) is 18.1 Å². The molecular formula is C13H16F2O. The van der Waals surface area contributed by atoms with Crippen molar-refractivity contribution >= 4 is 5.78 Å². The van der Waals surface area contributed by atoms with Crippen molar-refractivity contribution in [3.8, 4) is 0 Å². The van der Waals surface area contributed by atoms with Crippen molar-refractivity contribution in [1.82, 2.24) is 0 Å². The lowest BCUT2D eigenvalue weighted by Crippen LogP contribution is -2.08. The second-order valence-electron chi connectivity index (χ2n) is 4.12. The monoisotopic (exact) mass is 226 g/mol. The summed E-state index contributed by atoms with van der Waals surface area (Å²) in [5.74, 6) is -2.11. The molecule has 88 valence electrons. The number of benzene rings is 1. The van der Waals surface area contributed by atoms with Crippen molar-refractivity contribution in [2.45, 2.75) is 33.1 Å². The standard InChI is InChI=1S/C13H16F2O/c1-3-5-9(2)8-12(16)10-6-4-7-11(14)13(10)15/h4,6-7,9H,3,5,8H2,1-2H3. The van der Waals surface area contributed by atoms with Gasteiger partial charge in [0.2, 0.25) is 0 Å². The molecule has 0 bridgehead atoms. The molecule has 0 heterocycles. The summed E-state index contributed by atoms with van der Waals surface area (Å²) in [6, 6.07) is 3.71. The second kappa shape index (κ2) is 5.73. The van der Waals surface area contributed by atoms with Crippen LogP contribution in [0.4, 0.5) is 8.78 Å². The average molecular weight is 226 g/mol. The normalized spacial score (nSPS) is 12.5. The first-order chi connectivity index (χ1) is 7.56. The molecule has 3 heteroatoms. The van der Waals surface area contributed by atoms with Gasteiger partial charge in [0.05, 0.1) is 5.56 Å². The van der Waals surface area contributed by atoms with E-state index in [1.165, 1.54) is 12.1 Å². The Morgan fingerprint density at radius 2 is 2.06 bits per heavy atom. The van der Waals surface area contributed by atoms with Crippen LogP contribution in [0.25, 0.3) is 0 Å². The summed E-state index contributed by atoms with van der Waals surface area (Å²) in [5.41, 5.74) is -0.136. The number of carbonyl (C=O) groups is 1. The summed E-state index contributed by atoms with van der Waals surface area (Å²) in [6.45, 7) is 3.97. The summed E-state index contributed by atoms with van der Waals surface area (Å²) < 4.78 is 26.2. The lowest BCUT2D eigenvalue weighted by molar-refractivity contribution is 0.0957. The number of hydrogen-bond acceptors (Lipinski definition) is 1. The average Bonchev–Trinajstić information content (AvgIpc) is 2.22. The van der Waals surface area contributed by atoms with E-state index in [2.05, 4.69) is 0 Å². The first kappa shape index (κ1) is 12.8. The molecule has 1 aromatic rings. The highest BCUT2D eigenvalue weighted by atomic mass is 19.2. The quantitative estimate of drug-likeness (QED) is 0.694. The highest BCUT2D eigenvalue weighted by molar-refractivity contribution is 5.96. The van der Waals surface area contributed by atoms with E-state index < -0.39 is 11.6 Å². The first-order valence-corrected chi connectivity index (χ1v) is 5.53.